The first-order chi connectivity index (χ1) is 6.27. The zero-order valence-electron chi connectivity index (χ0n) is 7.36. The molecule has 0 aliphatic carbocycles. The molecule has 1 atom stereocenters. The Morgan fingerprint density at radius 2 is 2.23 bits per heavy atom. The van der Waals surface area contributed by atoms with Gasteiger partial charge >= 0.3 is 0 Å². The van der Waals surface area contributed by atoms with Crippen LogP contribution >= 0.6 is 11.3 Å². The highest BCUT2D eigenvalue weighted by molar-refractivity contribution is 7.13. The predicted octanol–water partition coefficient (Wildman–Crippen LogP) is 3.03. The van der Waals surface area contributed by atoms with Crippen LogP contribution in [0, 0.1) is 0 Å². The first kappa shape index (κ1) is 8.53. The number of rotatable bonds is 2. The van der Waals surface area contributed by atoms with E-state index in [2.05, 4.69) is 0 Å². The zero-order valence-corrected chi connectivity index (χ0v) is 8.17. The summed E-state index contributed by atoms with van der Waals surface area (Å²) in [6, 6.07) is 7.90. The van der Waals surface area contributed by atoms with E-state index in [4.69, 9.17) is 10.2 Å². The number of nitrogens with two attached hydrogens (primary N) is 1. The van der Waals surface area contributed by atoms with E-state index >= 15 is 0 Å². The van der Waals surface area contributed by atoms with Crippen LogP contribution in [0.3, 0.4) is 0 Å². The maximum Gasteiger partial charge on any atom is 0.144 e. The third-order valence-electron chi connectivity index (χ3n) is 1.84. The number of hydrogen-bond acceptors (Lipinski definition) is 3. The molecule has 2 nitrogen and oxygen atoms in total. The van der Waals surface area contributed by atoms with Gasteiger partial charge in [-0.3, -0.25) is 0 Å². The summed E-state index contributed by atoms with van der Waals surface area (Å²) in [5.41, 5.74) is 5.69. The fraction of sp³-hybridized carbons (Fsp3) is 0.200. The number of thiophene rings is 1. The predicted molar refractivity (Wildman–Crippen MR) is 54.6 cm³/mol. The highest BCUT2D eigenvalue weighted by Crippen LogP contribution is 2.27. The van der Waals surface area contributed by atoms with Crippen molar-refractivity contribution in [2.75, 3.05) is 0 Å². The van der Waals surface area contributed by atoms with E-state index in [1.165, 1.54) is 0 Å². The Bertz CT molecular complexity index is 375. The molecule has 2 aromatic heterocycles. The second-order valence-electron chi connectivity index (χ2n) is 2.97. The molecule has 3 heteroatoms. The van der Waals surface area contributed by atoms with Gasteiger partial charge in [0, 0.05) is 0 Å². The van der Waals surface area contributed by atoms with E-state index < -0.39 is 0 Å². The summed E-state index contributed by atoms with van der Waals surface area (Å²) in [7, 11) is 0. The van der Waals surface area contributed by atoms with Crippen molar-refractivity contribution in [1.82, 2.24) is 0 Å². The molecule has 0 fully saturated rings. The Hall–Kier alpha value is -1.06. The molecule has 0 aliphatic rings. The summed E-state index contributed by atoms with van der Waals surface area (Å²) in [6.07, 6.45) is 0. The first-order valence-corrected chi connectivity index (χ1v) is 5.04. The molecule has 0 spiro atoms. The van der Waals surface area contributed by atoms with Crippen LogP contribution in [0.15, 0.2) is 34.1 Å². The van der Waals surface area contributed by atoms with Gasteiger partial charge in [0.05, 0.1) is 10.9 Å². The lowest BCUT2D eigenvalue weighted by molar-refractivity contribution is 0.492. The summed E-state index contributed by atoms with van der Waals surface area (Å²) >= 11 is 1.67. The Labute approximate surface area is 81.0 Å². The van der Waals surface area contributed by atoms with Crippen molar-refractivity contribution in [1.29, 1.82) is 0 Å². The second kappa shape index (κ2) is 3.36. The Kier molecular flexibility index (Phi) is 2.20. The molecule has 2 rings (SSSR count). The first-order valence-electron chi connectivity index (χ1n) is 4.16. The van der Waals surface area contributed by atoms with Gasteiger partial charge in [0.15, 0.2) is 0 Å². The van der Waals surface area contributed by atoms with Crippen LogP contribution in [0.25, 0.3) is 10.6 Å². The van der Waals surface area contributed by atoms with Crippen molar-refractivity contribution in [3.05, 3.63) is 35.4 Å². The molecule has 68 valence electrons. The van der Waals surface area contributed by atoms with Crippen molar-refractivity contribution in [3.63, 3.8) is 0 Å². The van der Waals surface area contributed by atoms with Gasteiger partial charge in [-0.15, -0.1) is 11.3 Å². The summed E-state index contributed by atoms with van der Waals surface area (Å²) in [5.74, 6) is 1.74. The van der Waals surface area contributed by atoms with Crippen molar-refractivity contribution >= 4 is 11.3 Å². The molecule has 0 saturated heterocycles. The Morgan fingerprint density at radius 1 is 1.38 bits per heavy atom. The number of furan rings is 1. The van der Waals surface area contributed by atoms with Crippen LogP contribution < -0.4 is 5.73 Å². The van der Waals surface area contributed by atoms with E-state index in [1.807, 2.05) is 36.6 Å². The minimum absolute atomic E-state index is 0.0336. The summed E-state index contributed by atoms with van der Waals surface area (Å²) in [4.78, 5) is 1.15. The fourth-order valence-electron chi connectivity index (χ4n) is 1.15. The van der Waals surface area contributed by atoms with Crippen molar-refractivity contribution in [3.8, 4) is 10.6 Å². The van der Waals surface area contributed by atoms with E-state index in [0.717, 1.165) is 16.4 Å². The third kappa shape index (κ3) is 1.66. The Morgan fingerprint density at radius 3 is 2.77 bits per heavy atom. The maximum atomic E-state index is 5.69. The zero-order chi connectivity index (χ0) is 9.26. The third-order valence-corrected chi connectivity index (χ3v) is 2.72. The van der Waals surface area contributed by atoms with Gasteiger partial charge in [0.1, 0.15) is 11.5 Å². The maximum absolute atomic E-state index is 5.69. The van der Waals surface area contributed by atoms with Crippen LogP contribution in [0.5, 0.6) is 0 Å². The summed E-state index contributed by atoms with van der Waals surface area (Å²) < 4.78 is 5.57. The lowest BCUT2D eigenvalue weighted by Crippen LogP contribution is -2.02. The Balaban J connectivity index is 2.33. The summed E-state index contributed by atoms with van der Waals surface area (Å²) in [6.45, 7) is 1.91. The molecule has 0 saturated carbocycles. The summed E-state index contributed by atoms with van der Waals surface area (Å²) in [5, 5.41) is 2.03. The smallest absolute Gasteiger partial charge is 0.144 e. The second-order valence-corrected chi connectivity index (χ2v) is 3.92. The van der Waals surface area contributed by atoms with E-state index in [-0.39, 0.29) is 6.04 Å². The van der Waals surface area contributed by atoms with Gasteiger partial charge in [-0.05, 0) is 30.5 Å². The lowest BCUT2D eigenvalue weighted by atomic mass is 10.3. The van der Waals surface area contributed by atoms with Gasteiger partial charge in [-0.25, -0.2) is 0 Å². The molecule has 0 aromatic carbocycles. The molecule has 2 aromatic rings. The molecule has 13 heavy (non-hydrogen) atoms. The van der Waals surface area contributed by atoms with Crippen LogP contribution in [0.4, 0.5) is 0 Å². The fourth-order valence-corrected chi connectivity index (χ4v) is 1.84. The molecule has 2 heterocycles. The highest BCUT2D eigenvalue weighted by Gasteiger charge is 2.07. The minimum atomic E-state index is -0.0336. The van der Waals surface area contributed by atoms with Gasteiger partial charge < -0.3 is 10.2 Å². The van der Waals surface area contributed by atoms with Crippen molar-refractivity contribution in [2.24, 2.45) is 5.73 Å². The molecule has 2 N–H and O–H groups in total. The molecule has 0 aliphatic heterocycles. The van der Waals surface area contributed by atoms with Crippen LogP contribution in [0.2, 0.25) is 0 Å². The van der Waals surface area contributed by atoms with Crippen molar-refractivity contribution in [2.45, 2.75) is 13.0 Å². The SMILES string of the molecule is CC(N)c1ccc(-c2cccs2)o1. The molecule has 0 amide bonds. The van der Waals surface area contributed by atoms with Crippen LogP contribution in [0.1, 0.15) is 18.7 Å². The van der Waals surface area contributed by atoms with Crippen LogP contribution in [-0.4, -0.2) is 0 Å². The quantitative estimate of drug-likeness (QED) is 0.796. The normalized spacial score (nSPS) is 13.1. The lowest BCUT2D eigenvalue weighted by Gasteiger charge is -1.98. The van der Waals surface area contributed by atoms with E-state index in [9.17, 15) is 0 Å². The molecule has 1 unspecified atom stereocenters. The molecule has 0 bridgehead atoms. The van der Waals surface area contributed by atoms with E-state index in [1.54, 1.807) is 11.3 Å². The monoisotopic (exact) mass is 193 g/mol. The van der Waals surface area contributed by atoms with Crippen LogP contribution in [-0.2, 0) is 0 Å². The van der Waals surface area contributed by atoms with Crippen molar-refractivity contribution < 1.29 is 4.42 Å². The molecule has 0 radical (unpaired) electrons. The van der Waals surface area contributed by atoms with Gasteiger partial charge in [-0.2, -0.15) is 0 Å². The van der Waals surface area contributed by atoms with Gasteiger partial charge in [-0.1, -0.05) is 6.07 Å². The standard InChI is InChI=1S/C10H11NOS/c1-7(11)8-4-5-9(12-8)10-3-2-6-13-10/h2-7H,11H2,1H3. The van der Waals surface area contributed by atoms with Gasteiger partial charge in [0.2, 0.25) is 0 Å². The highest BCUT2D eigenvalue weighted by atomic mass is 32.1. The number of hydrogen-bond donors (Lipinski definition) is 1. The van der Waals surface area contributed by atoms with Gasteiger partial charge in [0.25, 0.3) is 0 Å². The average Bonchev–Trinajstić information content (AvgIpc) is 2.75. The minimum Gasteiger partial charge on any atom is -0.459 e. The largest absolute Gasteiger partial charge is 0.459 e. The molecular weight excluding hydrogens is 182 g/mol. The topological polar surface area (TPSA) is 39.2 Å². The van der Waals surface area contributed by atoms with E-state index in [0.29, 0.717) is 0 Å². The molecular formula is C10H11NOS. The average molecular weight is 193 g/mol.